The minimum Gasteiger partial charge on any atom is -0.478 e. The van der Waals surface area contributed by atoms with E-state index in [0.717, 1.165) is 30.5 Å². The summed E-state index contributed by atoms with van der Waals surface area (Å²) in [4.78, 5) is 24.3. The van der Waals surface area contributed by atoms with Crippen LogP contribution in [-0.4, -0.2) is 21.0 Å². The summed E-state index contributed by atoms with van der Waals surface area (Å²) >= 11 is 0. The van der Waals surface area contributed by atoms with Crippen LogP contribution in [0, 0.1) is 21.7 Å². The standard InChI is InChI=1S/C12H7F2N3O4/c13-7-1-2-8(14)9(4-7)16-11-10(17(20)21)3-6(5-15-11)12(18)19/h1-5H,(H,15,16)(H,18,19). The van der Waals surface area contributed by atoms with Crippen molar-refractivity contribution in [2.75, 3.05) is 5.32 Å². The van der Waals surface area contributed by atoms with Crippen molar-refractivity contribution < 1.29 is 23.6 Å². The number of hydrogen-bond donors (Lipinski definition) is 2. The normalized spacial score (nSPS) is 10.2. The summed E-state index contributed by atoms with van der Waals surface area (Å²) in [5.41, 5.74) is -1.42. The molecule has 0 radical (unpaired) electrons. The van der Waals surface area contributed by atoms with Gasteiger partial charge in [0.15, 0.2) is 0 Å². The molecule has 108 valence electrons. The van der Waals surface area contributed by atoms with E-state index in [9.17, 15) is 23.7 Å². The smallest absolute Gasteiger partial charge is 0.337 e. The third kappa shape index (κ3) is 3.08. The van der Waals surface area contributed by atoms with Gasteiger partial charge in [-0.25, -0.2) is 18.6 Å². The lowest BCUT2D eigenvalue weighted by Gasteiger charge is -2.07. The topological polar surface area (TPSA) is 105 Å². The van der Waals surface area contributed by atoms with Gasteiger partial charge in [0, 0.05) is 18.3 Å². The number of aromatic nitrogens is 1. The Bertz CT molecular complexity index is 736. The molecular formula is C12H7F2N3O4. The lowest BCUT2D eigenvalue weighted by atomic mass is 10.2. The molecule has 1 aromatic carbocycles. The highest BCUT2D eigenvalue weighted by Gasteiger charge is 2.20. The molecule has 2 rings (SSSR count). The minimum absolute atomic E-state index is 0.353. The predicted octanol–water partition coefficient (Wildman–Crippen LogP) is 2.71. The van der Waals surface area contributed by atoms with Crippen molar-refractivity contribution in [3.05, 3.63) is 57.8 Å². The van der Waals surface area contributed by atoms with E-state index in [2.05, 4.69) is 10.3 Å². The second-order valence-electron chi connectivity index (χ2n) is 3.90. The summed E-state index contributed by atoms with van der Waals surface area (Å²) in [6, 6.07) is 3.30. The van der Waals surface area contributed by atoms with E-state index in [1.807, 2.05) is 0 Å². The number of nitrogens with one attached hydrogen (secondary N) is 1. The summed E-state index contributed by atoms with van der Waals surface area (Å²) in [5.74, 6) is -3.37. The maximum Gasteiger partial charge on any atom is 0.337 e. The van der Waals surface area contributed by atoms with E-state index in [0.29, 0.717) is 0 Å². The first kappa shape index (κ1) is 14.3. The van der Waals surface area contributed by atoms with Gasteiger partial charge >= 0.3 is 11.7 Å². The number of nitro groups is 1. The number of hydrogen-bond acceptors (Lipinski definition) is 5. The van der Waals surface area contributed by atoms with Crippen molar-refractivity contribution in [3.8, 4) is 0 Å². The molecule has 0 amide bonds. The van der Waals surface area contributed by atoms with Crippen LogP contribution in [0.1, 0.15) is 10.4 Å². The number of carboxylic acids is 1. The van der Waals surface area contributed by atoms with Crippen LogP contribution in [-0.2, 0) is 0 Å². The van der Waals surface area contributed by atoms with E-state index < -0.39 is 39.6 Å². The Morgan fingerprint density at radius 2 is 2.05 bits per heavy atom. The van der Waals surface area contributed by atoms with Gasteiger partial charge in [0.05, 0.1) is 16.2 Å². The van der Waals surface area contributed by atoms with E-state index in [4.69, 9.17) is 5.11 Å². The summed E-state index contributed by atoms with van der Waals surface area (Å²) in [7, 11) is 0. The summed E-state index contributed by atoms with van der Waals surface area (Å²) < 4.78 is 26.5. The predicted molar refractivity (Wildman–Crippen MR) is 67.5 cm³/mol. The van der Waals surface area contributed by atoms with Crippen molar-refractivity contribution in [2.45, 2.75) is 0 Å². The average molecular weight is 295 g/mol. The number of nitrogens with zero attached hydrogens (tertiary/aromatic N) is 2. The van der Waals surface area contributed by atoms with Crippen LogP contribution in [0.3, 0.4) is 0 Å². The Morgan fingerprint density at radius 3 is 2.67 bits per heavy atom. The minimum atomic E-state index is -1.39. The fourth-order valence-corrected chi connectivity index (χ4v) is 1.53. The first-order valence-corrected chi connectivity index (χ1v) is 5.48. The SMILES string of the molecule is O=C(O)c1cnc(Nc2cc(F)ccc2F)c([N+](=O)[O-])c1. The zero-order valence-electron chi connectivity index (χ0n) is 10.2. The molecule has 9 heteroatoms. The van der Waals surface area contributed by atoms with Gasteiger partial charge in [0.25, 0.3) is 0 Å². The Kier molecular flexibility index (Phi) is 3.74. The highest BCUT2D eigenvalue weighted by Crippen LogP contribution is 2.27. The van der Waals surface area contributed by atoms with Gasteiger partial charge in [0.2, 0.25) is 5.82 Å². The second-order valence-corrected chi connectivity index (χ2v) is 3.90. The second kappa shape index (κ2) is 5.49. The van der Waals surface area contributed by atoms with Gasteiger partial charge in [-0.05, 0) is 12.1 Å². The highest BCUT2D eigenvalue weighted by atomic mass is 19.1. The zero-order chi connectivity index (χ0) is 15.6. The van der Waals surface area contributed by atoms with Crippen LogP contribution < -0.4 is 5.32 Å². The molecule has 0 aliphatic rings. The van der Waals surface area contributed by atoms with Crippen molar-refractivity contribution in [1.82, 2.24) is 4.98 Å². The molecule has 2 N–H and O–H groups in total. The van der Waals surface area contributed by atoms with Gasteiger partial charge in [-0.1, -0.05) is 0 Å². The summed E-state index contributed by atoms with van der Waals surface area (Å²) in [5, 5.41) is 21.9. The Morgan fingerprint density at radius 1 is 1.33 bits per heavy atom. The molecule has 0 saturated heterocycles. The molecule has 0 aliphatic carbocycles. The quantitative estimate of drug-likeness (QED) is 0.663. The molecule has 0 bridgehead atoms. The number of carbonyl (C=O) groups is 1. The van der Waals surface area contributed by atoms with Crippen LogP contribution >= 0.6 is 0 Å². The third-order valence-corrected chi connectivity index (χ3v) is 2.49. The molecule has 2 aromatic rings. The molecule has 1 aromatic heterocycles. The van der Waals surface area contributed by atoms with Crippen LogP contribution in [0.25, 0.3) is 0 Å². The fourth-order valence-electron chi connectivity index (χ4n) is 1.53. The van der Waals surface area contributed by atoms with Gasteiger partial charge in [-0.15, -0.1) is 0 Å². The molecule has 21 heavy (non-hydrogen) atoms. The number of aromatic carboxylic acids is 1. The van der Waals surface area contributed by atoms with Crippen molar-refractivity contribution in [3.63, 3.8) is 0 Å². The van der Waals surface area contributed by atoms with Crippen molar-refractivity contribution in [1.29, 1.82) is 0 Å². The summed E-state index contributed by atoms with van der Waals surface area (Å²) in [6.07, 6.45) is 0.870. The molecule has 0 saturated carbocycles. The number of pyridine rings is 1. The molecule has 1 heterocycles. The van der Waals surface area contributed by atoms with E-state index >= 15 is 0 Å². The number of anilines is 2. The van der Waals surface area contributed by atoms with E-state index in [-0.39, 0.29) is 5.69 Å². The van der Waals surface area contributed by atoms with Crippen molar-refractivity contribution >= 4 is 23.2 Å². The molecule has 0 spiro atoms. The average Bonchev–Trinajstić information content (AvgIpc) is 2.42. The Hall–Kier alpha value is -3.10. The molecule has 0 unspecified atom stereocenters. The molecule has 0 atom stereocenters. The highest BCUT2D eigenvalue weighted by molar-refractivity contribution is 5.89. The Labute approximate surface area is 116 Å². The molecule has 7 nitrogen and oxygen atoms in total. The Balaban J connectivity index is 2.46. The van der Waals surface area contributed by atoms with Crippen LogP contribution in [0.2, 0.25) is 0 Å². The van der Waals surface area contributed by atoms with Crippen LogP contribution in [0.4, 0.5) is 26.0 Å². The van der Waals surface area contributed by atoms with Gasteiger partial charge in [-0.2, -0.15) is 0 Å². The lowest BCUT2D eigenvalue weighted by molar-refractivity contribution is -0.384. The lowest BCUT2D eigenvalue weighted by Crippen LogP contribution is -2.05. The van der Waals surface area contributed by atoms with E-state index in [1.165, 1.54) is 0 Å². The van der Waals surface area contributed by atoms with Crippen molar-refractivity contribution in [2.24, 2.45) is 0 Å². The number of rotatable bonds is 4. The molecular weight excluding hydrogens is 288 g/mol. The maximum absolute atomic E-state index is 13.5. The fraction of sp³-hybridized carbons (Fsp3) is 0. The van der Waals surface area contributed by atoms with Crippen LogP contribution in [0.15, 0.2) is 30.5 Å². The number of halogens is 2. The zero-order valence-corrected chi connectivity index (χ0v) is 10.2. The molecule has 0 fully saturated rings. The first-order valence-electron chi connectivity index (χ1n) is 5.48. The largest absolute Gasteiger partial charge is 0.478 e. The van der Waals surface area contributed by atoms with Crippen LogP contribution in [0.5, 0.6) is 0 Å². The third-order valence-electron chi connectivity index (χ3n) is 2.49. The van der Waals surface area contributed by atoms with Gasteiger partial charge in [0.1, 0.15) is 11.6 Å². The number of benzene rings is 1. The number of carboxylic acid groups (broad SMARTS) is 1. The monoisotopic (exact) mass is 295 g/mol. The maximum atomic E-state index is 13.5. The first-order chi connectivity index (χ1) is 9.88. The molecule has 0 aliphatic heterocycles. The van der Waals surface area contributed by atoms with Gasteiger partial charge in [-0.3, -0.25) is 10.1 Å². The summed E-state index contributed by atoms with van der Waals surface area (Å²) in [6.45, 7) is 0. The van der Waals surface area contributed by atoms with Gasteiger partial charge < -0.3 is 10.4 Å². The van der Waals surface area contributed by atoms with E-state index in [1.54, 1.807) is 0 Å².